The Labute approximate surface area is 241 Å². The summed E-state index contributed by atoms with van der Waals surface area (Å²) in [6.07, 6.45) is 1.16. The minimum Gasteiger partial charge on any atom is -0.350 e. The molecular formula is C30H35ClFN3O4S. The second-order valence-corrected chi connectivity index (χ2v) is 13.1. The van der Waals surface area contributed by atoms with E-state index in [9.17, 15) is 22.4 Å². The largest absolute Gasteiger partial charge is 0.350 e. The van der Waals surface area contributed by atoms with Crippen molar-refractivity contribution in [1.82, 2.24) is 10.2 Å². The minimum atomic E-state index is -3.98. The molecule has 0 heterocycles. The summed E-state index contributed by atoms with van der Waals surface area (Å²) in [5.41, 5.74) is 2.11. The van der Waals surface area contributed by atoms with E-state index in [1.807, 2.05) is 82.3 Å². The van der Waals surface area contributed by atoms with Crippen molar-refractivity contribution in [3.8, 4) is 0 Å². The lowest BCUT2D eigenvalue weighted by molar-refractivity contribution is -0.140. The van der Waals surface area contributed by atoms with Crippen LogP contribution in [0, 0.1) is 12.7 Å². The molecule has 2 amide bonds. The predicted octanol–water partition coefficient (Wildman–Crippen LogP) is 5.11. The first-order valence-corrected chi connectivity index (χ1v) is 15.0. The zero-order chi connectivity index (χ0) is 29.7. The fourth-order valence-electron chi connectivity index (χ4n) is 4.15. The lowest BCUT2D eigenvalue weighted by Crippen LogP contribution is -2.56. The molecule has 0 bridgehead atoms. The van der Waals surface area contributed by atoms with Crippen molar-refractivity contribution in [2.24, 2.45) is 0 Å². The Morgan fingerprint density at radius 3 is 2.15 bits per heavy atom. The van der Waals surface area contributed by atoms with Crippen molar-refractivity contribution < 1.29 is 22.4 Å². The number of nitrogens with one attached hydrogen (secondary N) is 1. The number of nitrogens with zero attached hydrogens (tertiary/aromatic N) is 2. The Bertz CT molecular complexity index is 1440. The summed E-state index contributed by atoms with van der Waals surface area (Å²) in [5, 5.41) is 2.70. The smallest absolute Gasteiger partial charge is 0.244 e. The first kappa shape index (κ1) is 31.1. The van der Waals surface area contributed by atoms with Crippen molar-refractivity contribution in [3.63, 3.8) is 0 Å². The summed E-state index contributed by atoms with van der Waals surface area (Å²) in [7, 11) is -3.98. The van der Waals surface area contributed by atoms with E-state index >= 15 is 0 Å². The van der Waals surface area contributed by atoms with E-state index in [1.165, 1.54) is 11.0 Å². The number of amides is 2. The molecule has 10 heteroatoms. The Hall–Kier alpha value is -3.43. The number of hydrogen-bond acceptors (Lipinski definition) is 4. The summed E-state index contributed by atoms with van der Waals surface area (Å²) in [6.45, 7) is 6.94. The summed E-state index contributed by atoms with van der Waals surface area (Å²) >= 11 is 5.93. The van der Waals surface area contributed by atoms with Gasteiger partial charge in [-0.25, -0.2) is 12.8 Å². The van der Waals surface area contributed by atoms with E-state index in [1.54, 1.807) is 0 Å². The molecular weight excluding hydrogens is 553 g/mol. The third kappa shape index (κ3) is 8.79. The van der Waals surface area contributed by atoms with Crippen molar-refractivity contribution in [1.29, 1.82) is 0 Å². The van der Waals surface area contributed by atoms with Gasteiger partial charge in [-0.3, -0.25) is 13.9 Å². The van der Waals surface area contributed by atoms with Gasteiger partial charge < -0.3 is 10.2 Å². The molecule has 1 N–H and O–H groups in total. The summed E-state index contributed by atoms with van der Waals surface area (Å²) < 4.78 is 40.3. The highest BCUT2D eigenvalue weighted by Gasteiger charge is 2.34. The third-order valence-electron chi connectivity index (χ3n) is 6.11. The van der Waals surface area contributed by atoms with E-state index in [2.05, 4.69) is 5.32 Å². The van der Waals surface area contributed by atoms with Crippen LogP contribution >= 0.6 is 11.6 Å². The molecule has 0 aromatic heterocycles. The second-order valence-electron chi connectivity index (χ2n) is 10.8. The molecule has 40 heavy (non-hydrogen) atoms. The Morgan fingerprint density at radius 1 is 0.975 bits per heavy atom. The van der Waals surface area contributed by atoms with Crippen LogP contribution in [-0.4, -0.2) is 49.5 Å². The normalized spacial score (nSPS) is 12.5. The molecule has 214 valence electrons. The Morgan fingerprint density at radius 2 is 1.60 bits per heavy atom. The Balaban J connectivity index is 2.08. The van der Waals surface area contributed by atoms with Gasteiger partial charge in [0.05, 0.1) is 17.0 Å². The number of benzene rings is 3. The molecule has 0 fully saturated rings. The van der Waals surface area contributed by atoms with Crippen LogP contribution in [0.1, 0.15) is 37.5 Å². The maximum absolute atomic E-state index is 14.0. The van der Waals surface area contributed by atoms with Crippen LogP contribution < -0.4 is 9.62 Å². The van der Waals surface area contributed by atoms with Gasteiger partial charge in [0.25, 0.3) is 0 Å². The van der Waals surface area contributed by atoms with Crippen molar-refractivity contribution in [2.75, 3.05) is 17.1 Å². The number of aryl methyl sites for hydroxylation is 1. The molecule has 7 nitrogen and oxygen atoms in total. The monoisotopic (exact) mass is 587 g/mol. The number of halogens is 2. The molecule has 1 atom stereocenters. The molecule has 0 radical (unpaired) electrons. The zero-order valence-electron chi connectivity index (χ0n) is 23.3. The average molecular weight is 588 g/mol. The first-order chi connectivity index (χ1) is 18.6. The predicted molar refractivity (Wildman–Crippen MR) is 157 cm³/mol. The number of anilines is 1. The van der Waals surface area contributed by atoms with E-state index in [4.69, 9.17) is 11.6 Å². The van der Waals surface area contributed by atoms with Crippen LogP contribution in [0.4, 0.5) is 10.1 Å². The minimum absolute atomic E-state index is 0.0382. The van der Waals surface area contributed by atoms with Crippen LogP contribution in [0.5, 0.6) is 0 Å². The second kappa shape index (κ2) is 12.8. The van der Waals surface area contributed by atoms with Crippen LogP contribution in [0.2, 0.25) is 5.02 Å². The quantitative estimate of drug-likeness (QED) is 0.357. The molecule has 0 saturated heterocycles. The van der Waals surface area contributed by atoms with Gasteiger partial charge >= 0.3 is 0 Å². The highest BCUT2D eigenvalue weighted by atomic mass is 35.5. The first-order valence-electron chi connectivity index (χ1n) is 12.8. The molecule has 1 unspecified atom stereocenters. The molecule has 3 aromatic carbocycles. The zero-order valence-corrected chi connectivity index (χ0v) is 24.9. The van der Waals surface area contributed by atoms with Gasteiger partial charge in [0.2, 0.25) is 21.8 Å². The van der Waals surface area contributed by atoms with Crippen molar-refractivity contribution in [3.05, 3.63) is 100 Å². The van der Waals surface area contributed by atoms with E-state index in [0.29, 0.717) is 0 Å². The standard InChI is InChI=1S/C30H35ClFN3O4S/c1-21-11-13-23(14-12-21)19-34(27(29(37)33-30(2,3)4)17-22-9-7-6-8-10-22)28(36)20-35(40(5,38)39)24-15-16-26(32)25(31)18-24/h6-16,18,27H,17,19-20H2,1-5H3,(H,33,37). The molecule has 0 aliphatic rings. The van der Waals surface area contributed by atoms with Crippen LogP contribution in [0.25, 0.3) is 0 Å². The van der Waals surface area contributed by atoms with Gasteiger partial charge in [0.15, 0.2) is 0 Å². The highest BCUT2D eigenvalue weighted by Crippen LogP contribution is 2.25. The van der Waals surface area contributed by atoms with Gasteiger partial charge in [-0.15, -0.1) is 0 Å². The average Bonchev–Trinajstić information content (AvgIpc) is 2.86. The SMILES string of the molecule is Cc1ccc(CN(C(=O)CN(c2ccc(F)c(Cl)c2)S(C)(=O)=O)C(Cc2ccccc2)C(=O)NC(C)(C)C)cc1. The molecule has 0 aliphatic heterocycles. The fourth-order valence-corrected chi connectivity index (χ4v) is 5.17. The molecule has 0 spiro atoms. The van der Waals surface area contributed by atoms with Gasteiger partial charge in [-0.05, 0) is 57.0 Å². The maximum atomic E-state index is 14.0. The summed E-state index contributed by atoms with van der Waals surface area (Å²) in [4.78, 5) is 29.1. The number of sulfonamides is 1. The van der Waals surface area contributed by atoms with Gasteiger partial charge in [0.1, 0.15) is 18.4 Å². The lowest BCUT2D eigenvalue weighted by atomic mass is 10.0. The number of hydrogen-bond donors (Lipinski definition) is 1. The summed E-state index contributed by atoms with van der Waals surface area (Å²) in [5.74, 6) is -1.68. The maximum Gasteiger partial charge on any atom is 0.244 e. The van der Waals surface area contributed by atoms with Crippen LogP contribution in [-0.2, 0) is 32.6 Å². The number of carbonyl (C=O) groups is 2. The van der Waals surface area contributed by atoms with Gasteiger partial charge in [-0.2, -0.15) is 0 Å². The molecule has 3 rings (SSSR count). The molecule has 0 aliphatic carbocycles. The topological polar surface area (TPSA) is 86.8 Å². The third-order valence-corrected chi connectivity index (χ3v) is 7.54. The van der Waals surface area contributed by atoms with E-state index < -0.39 is 39.9 Å². The van der Waals surface area contributed by atoms with E-state index in [0.717, 1.165) is 39.4 Å². The molecule has 3 aromatic rings. The number of rotatable bonds is 10. The lowest BCUT2D eigenvalue weighted by Gasteiger charge is -2.35. The Kier molecular flexibility index (Phi) is 9.97. The van der Waals surface area contributed by atoms with Crippen molar-refractivity contribution >= 4 is 39.1 Å². The van der Waals surface area contributed by atoms with Gasteiger partial charge in [0, 0.05) is 18.5 Å². The number of carbonyl (C=O) groups excluding carboxylic acids is 2. The van der Waals surface area contributed by atoms with Crippen LogP contribution in [0.15, 0.2) is 72.8 Å². The molecule has 0 saturated carbocycles. The fraction of sp³-hybridized carbons (Fsp3) is 0.333. The van der Waals surface area contributed by atoms with Gasteiger partial charge in [-0.1, -0.05) is 71.8 Å². The summed E-state index contributed by atoms with van der Waals surface area (Å²) in [6, 6.07) is 19.3. The highest BCUT2D eigenvalue weighted by molar-refractivity contribution is 7.92. The van der Waals surface area contributed by atoms with Crippen molar-refractivity contribution in [2.45, 2.75) is 52.2 Å². The van der Waals surface area contributed by atoms with Crippen LogP contribution in [0.3, 0.4) is 0 Å². The van der Waals surface area contributed by atoms with E-state index in [-0.39, 0.29) is 29.6 Å².